The first-order valence-corrected chi connectivity index (χ1v) is 6.63. The van der Waals surface area contributed by atoms with Crippen molar-refractivity contribution in [2.75, 3.05) is 13.2 Å². The van der Waals surface area contributed by atoms with Crippen molar-refractivity contribution in [3.8, 4) is 11.5 Å². The van der Waals surface area contributed by atoms with E-state index in [9.17, 15) is 0 Å². The molecule has 0 amide bonds. The molecule has 1 radical (unpaired) electrons. The number of ether oxygens (including phenoxy) is 2. The number of unbranched alkanes of at least 4 members (excludes halogenated alkanes) is 2. The number of halogens is 1. The minimum atomic E-state index is 0.589. The second kappa shape index (κ2) is 8.24. The second-order valence-corrected chi connectivity index (χ2v) is 4.30. The lowest BCUT2D eigenvalue weighted by Crippen LogP contribution is -2.02. The highest BCUT2D eigenvalue weighted by atomic mass is 35.5. The van der Waals surface area contributed by atoms with Gasteiger partial charge in [0.05, 0.1) is 18.2 Å². The molecule has 0 N–H and O–H groups in total. The summed E-state index contributed by atoms with van der Waals surface area (Å²) in [7, 11) is 0. The van der Waals surface area contributed by atoms with E-state index in [4.69, 9.17) is 21.1 Å². The van der Waals surface area contributed by atoms with Crippen LogP contribution in [0.25, 0.3) is 0 Å². The Balaban J connectivity index is 2.63. The van der Waals surface area contributed by atoms with Crippen molar-refractivity contribution in [1.29, 1.82) is 0 Å². The van der Waals surface area contributed by atoms with Crippen molar-refractivity contribution in [2.24, 2.45) is 0 Å². The molecule has 3 heteroatoms. The fraction of sp³-hybridized carbons (Fsp3) is 0.571. The Hall–Kier alpha value is -0.890. The molecule has 0 saturated carbocycles. The van der Waals surface area contributed by atoms with Gasteiger partial charge in [-0.15, -0.1) is 0 Å². The van der Waals surface area contributed by atoms with Gasteiger partial charge in [-0.3, -0.25) is 0 Å². The third-order valence-corrected chi connectivity index (χ3v) is 2.65. The van der Waals surface area contributed by atoms with Gasteiger partial charge in [-0.1, -0.05) is 38.3 Å². The average molecular weight is 256 g/mol. The summed E-state index contributed by atoms with van der Waals surface area (Å²) in [6.07, 6.45) is 4.24. The Bertz CT molecular complexity index is 326. The molecule has 0 aliphatic carbocycles. The summed E-state index contributed by atoms with van der Waals surface area (Å²) in [5.41, 5.74) is 0. The van der Waals surface area contributed by atoms with Gasteiger partial charge in [0.25, 0.3) is 0 Å². The predicted molar refractivity (Wildman–Crippen MR) is 71.1 cm³/mol. The van der Waals surface area contributed by atoms with E-state index < -0.39 is 0 Å². The van der Waals surface area contributed by atoms with E-state index >= 15 is 0 Å². The number of hydrogen-bond acceptors (Lipinski definition) is 2. The van der Waals surface area contributed by atoms with Gasteiger partial charge in [-0.2, -0.15) is 0 Å². The topological polar surface area (TPSA) is 18.5 Å². The summed E-state index contributed by atoms with van der Waals surface area (Å²) in [5.74, 6) is 1.25. The van der Waals surface area contributed by atoms with Crippen LogP contribution in [0.4, 0.5) is 0 Å². The molecule has 0 fully saturated rings. The Morgan fingerprint density at radius 3 is 2.41 bits per heavy atom. The molecule has 0 aromatic heterocycles. The average Bonchev–Trinajstić information content (AvgIpc) is 2.33. The number of hydrogen-bond donors (Lipinski definition) is 0. The van der Waals surface area contributed by atoms with Crippen LogP contribution >= 0.6 is 11.6 Å². The summed E-state index contributed by atoms with van der Waals surface area (Å²) in [4.78, 5) is 0. The Kier molecular flexibility index (Phi) is 6.87. The van der Waals surface area contributed by atoms with Gasteiger partial charge < -0.3 is 9.47 Å². The highest BCUT2D eigenvalue weighted by Crippen LogP contribution is 2.34. The molecular weight excluding hydrogens is 236 g/mol. The molecule has 0 aliphatic heterocycles. The lowest BCUT2D eigenvalue weighted by Gasteiger charge is -2.13. The summed E-state index contributed by atoms with van der Waals surface area (Å²) in [6, 6.07) is 6.57. The van der Waals surface area contributed by atoms with E-state index in [0.717, 1.165) is 25.7 Å². The van der Waals surface area contributed by atoms with Crippen molar-refractivity contribution < 1.29 is 9.47 Å². The zero-order chi connectivity index (χ0) is 12.5. The van der Waals surface area contributed by atoms with Crippen molar-refractivity contribution in [2.45, 2.75) is 39.5 Å². The van der Waals surface area contributed by atoms with Crippen LogP contribution in [0.5, 0.6) is 11.5 Å². The Labute approximate surface area is 109 Å². The van der Waals surface area contributed by atoms with Crippen LogP contribution in [0.3, 0.4) is 0 Å². The van der Waals surface area contributed by atoms with Crippen LogP contribution in [0.15, 0.2) is 12.1 Å². The van der Waals surface area contributed by atoms with Crippen molar-refractivity contribution in [3.05, 3.63) is 23.2 Å². The summed E-state index contributed by atoms with van der Waals surface area (Å²) >= 11 is 6.10. The van der Waals surface area contributed by atoms with Gasteiger partial charge in [0.2, 0.25) is 0 Å². The molecule has 1 aromatic carbocycles. The first kappa shape index (κ1) is 14.2. The van der Waals surface area contributed by atoms with Gasteiger partial charge in [0.1, 0.15) is 0 Å². The normalized spacial score (nSPS) is 10.3. The highest BCUT2D eigenvalue weighted by Gasteiger charge is 2.09. The van der Waals surface area contributed by atoms with Crippen molar-refractivity contribution in [3.63, 3.8) is 0 Å². The number of rotatable bonds is 8. The van der Waals surface area contributed by atoms with E-state index in [2.05, 4.69) is 19.9 Å². The molecule has 0 unspecified atom stereocenters. The second-order valence-electron chi connectivity index (χ2n) is 3.89. The summed E-state index contributed by atoms with van der Waals surface area (Å²) in [5, 5.41) is 0.589. The lowest BCUT2D eigenvalue weighted by molar-refractivity contribution is 0.261. The largest absolute Gasteiger partial charge is 0.489 e. The lowest BCUT2D eigenvalue weighted by atomic mass is 10.3. The molecule has 17 heavy (non-hydrogen) atoms. The molecule has 0 aliphatic rings. The first-order valence-electron chi connectivity index (χ1n) is 6.25. The SMILES string of the molecule is CCCCOc1[c]ccc(Cl)c1OCCCC. The van der Waals surface area contributed by atoms with Crippen LogP contribution in [0, 0.1) is 6.07 Å². The molecular formula is C14H20ClO2. The molecule has 95 valence electrons. The fourth-order valence-corrected chi connectivity index (χ4v) is 1.52. The van der Waals surface area contributed by atoms with E-state index in [1.54, 1.807) is 12.1 Å². The third-order valence-electron chi connectivity index (χ3n) is 2.36. The minimum absolute atomic E-state index is 0.589. The van der Waals surface area contributed by atoms with Crippen LogP contribution in [-0.4, -0.2) is 13.2 Å². The van der Waals surface area contributed by atoms with Gasteiger partial charge in [0.15, 0.2) is 11.5 Å². The standard InChI is InChI=1S/C14H20ClO2/c1-3-5-10-16-13-9-7-8-12(15)14(13)17-11-6-4-2/h7-8H,3-6,10-11H2,1-2H3. The fourth-order valence-electron chi connectivity index (χ4n) is 1.32. The quantitative estimate of drug-likeness (QED) is 0.637. The molecule has 0 heterocycles. The number of benzene rings is 1. The summed E-state index contributed by atoms with van der Waals surface area (Å²) < 4.78 is 11.3. The first-order chi connectivity index (χ1) is 8.29. The molecule has 1 aromatic rings. The molecule has 0 atom stereocenters. The molecule has 2 nitrogen and oxygen atoms in total. The van der Waals surface area contributed by atoms with Crippen molar-refractivity contribution in [1.82, 2.24) is 0 Å². The summed E-state index contributed by atoms with van der Waals surface area (Å²) in [6.45, 7) is 5.60. The smallest absolute Gasteiger partial charge is 0.180 e. The Morgan fingerprint density at radius 1 is 1.12 bits per heavy atom. The van der Waals surface area contributed by atoms with Crippen LogP contribution in [0.1, 0.15) is 39.5 Å². The zero-order valence-corrected chi connectivity index (χ0v) is 11.3. The van der Waals surface area contributed by atoms with Gasteiger partial charge in [-0.05, 0) is 25.0 Å². The van der Waals surface area contributed by atoms with Crippen LogP contribution in [-0.2, 0) is 0 Å². The zero-order valence-electron chi connectivity index (χ0n) is 10.6. The molecule has 1 rings (SSSR count). The van der Waals surface area contributed by atoms with Gasteiger partial charge in [0, 0.05) is 6.07 Å². The third kappa shape index (κ3) is 4.86. The van der Waals surface area contributed by atoms with Gasteiger partial charge in [-0.25, -0.2) is 0 Å². The molecule has 0 saturated heterocycles. The predicted octanol–water partition coefficient (Wildman–Crippen LogP) is 4.50. The van der Waals surface area contributed by atoms with E-state index in [-0.39, 0.29) is 0 Å². The maximum atomic E-state index is 6.10. The van der Waals surface area contributed by atoms with Crippen LogP contribution < -0.4 is 9.47 Å². The van der Waals surface area contributed by atoms with E-state index in [1.807, 2.05) is 0 Å². The van der Waals surface area contributed by atoms with E-state index in [0.29, 0.717) is 29.7 Å². The van der Waals surface area contributed by atoms with Crippen molar-refractivity contribution >= 4 is 11.6 Å². The minimum Gasteiger partial charge on any atom is -0.489 e. The monoisotopic (exact) mass is 255 g/mol. The maximum absolute atomic E-state index is 6.10. The molecule has 0 spiro atoms. The van der Waals surface area contributed by atoms with Crippen LogP contribution in [0.2, 0.25) is 5.02 Å². The van der Waals surface area contributed by atoms with Gasteiger partial charge >= 0.3 is 0 Å². The Morgan fingerprint density at radius 2 is 1.76 bits per heavy atom. The maximum Gasteiger partial charge on any atom is 0.180 e. The molecule has 0 bridgehead atoms. The van der Waals surface area contributed by atoms with E-state index in [1.165, 1.54) is 0 Å². The highest BCUT2D eigenvalue weighted by molar-refractivity contribution is 6.32.